The number of nitrogens with one attached hydrogen (secondary N) is 1. The number of nitrogens with zero attached hydrogens (tertiary/aromatic N) is 2. The summed E-state index contributed by atoms with van der Waals surface area (Å²) < 4.78 is 26.6. The number of amides is 2. The fraction of sp³-hybridized carbons (Fsp3) is 0.310. The van der Waals surface area contributed by atoms with E-state index in [4.69, 9.17) is 23.2 Å². The minimum atomic E-state index is -3.93. The highest BCUT2D eigenvalue weighted by Gasteiger charge is 2.33. The van der Waals surface area contributed by atoms with Crippen LogP contribution in [0, 0.1) is 6.92 Å². The molecule has 0 fully saturated rings. The molecule has 1 N–H and O–H groups in total. The van der Waals surface area contributed by atoms with Crippen molar-refractivity contribution in [2.45, 2.75) is 45.8 Å². The molecule has 39 heavy (non-hydrogen) atoms. The number of aryl methyl sites for hydroxylation is 1. The molecule has 0 bridgehead atoms. The Morgan fingerprint density at radius 2 is 1.56 bits per heavy atom. The number of sulfonamides is 1. The Morgan fingerprint density at radius 1 is 0.923 bits per heavy atom. The molecule has 0 saturated heterocycles. The molecule has 0 radical (unpaired) electrons. The van der Waals surface area contributed by atoms with Crippen LogP contribution in [0.5, 0.6) is 0 Å². The van der Waals surface area contributed by atoms with Gasteiger partial charge in [-0.25, -0.2) is 8.42 Å². The van der Waals surface area contributed by atoms with Crippen molar-refractivity contribution in [3.8, 4) is 0 Å². The van der Waals surface area contributed by atoms with Crippen molar-refractivity contribution in [1.29, 1.82) is 0 Å². The van der Waals surface area contributed by atoms with E-state index < -0.39 is 28.5 Å². The summed E-state index contributed by atoms with van der Waals surface area (Å²) in [7, 11) is -3.93. The molecule has 0 aromatic heterocycles. The van der Waals surface area contributed by atoms with Crippen molar-refractivity contribution >= 4 is 50.7 Å². The first kappa shape index (κ1) is 30.5. The fourth-order valence-electron chi connectivity index (χ4n) is 4.10. The van der Waals surface area contributed by atoms with Crippen LogP contribution in [-0.4, -0.2) is 50.0 Å². The van der Waals surface area contributed by atoms with Gasteiger partial charge in [0.2, 0.25) is 21.8 Å². The first-order chi connectivity index (χ1) is 18.3. The van der Waals surface area contributed by atoms with E-state index in [1.807, 2.05) is 75.4 Å². The van der Waals surface area contributed by atoms with Crippen LogP contribution in [0.3, 0.4) is 0 Å². The smallest absolute Gasteiger partial charge is 0.244 e. The molecule has 0 unspecified atom stereocenters. The summed E-state index contributed by atoms with van der Waals surface area (Å²) in [6.45, 7) is 5.20. The van der Waals surface area contributed by atoms with Gasteiger partial charge in [0.1, 0.15) is 12.6 Å². The second-order valence-corrected chi connectivity index (χ2v) is 12.5. The number of halogens is 2. The summed E-state index contributed by atoms with van der Waals surface area (Å²) in [6, 6.07) is 20.3. The third-order valence-corrected chi connectivity index (χ3v) is 7.70. The number of carbonyl (C=O) groups excluding carboxylic acids is 2. The average molecular weight is 591 g/mol. The molecule has 3 aromatic rings. The first-order valence-electron chi connectivity index (χ1n) is 12.5. The van der Waals surface area contributed by atoms with Gasteiger partial charge in [0, 0.05) is 24.0 Å². The van der Waals surface area contributed by atoms with Gasteiger partial charge in [-0.05, 0) is 50.1 Å². The number of carbonyl (C=O) groups is 2. The van der Waals surface area contributed by atoms with E-state index in [0.29, 0.717) is 5.02 Å². The lowest BCUT2D eigenvalue weighted by Crippen LogP contribution is -2.54. The summed E-state index contributed by atoms with van der Waals surface area (Å²) >= 11 is 12.4. The molecule has 2 amide bonds. The number of benzene rings is 3. The molecule has 3 rings (SSSR count). The van der Waals surface area contributed by atoms with Crippen molar-refractivity contribution in [3.63, 3.8) is 0 Å². The quantitative estimate of drug-likeness (QED) is 0.331. The molecule has 0 aliphatic carbocycles. The standard InChI is InChI=1S/C29H33Cl2N3O4S/c1-20(2)32-29(36)27(16-22-8-6-5-7-9-22)33(18-23-12-10-21(3)11-13-23)28(35)19-34(39(4,37)38)26-15-14-24(30)17-25(26)31/h5-15,17,20,27H,16,18-19H2,1-4H3,(H,32,36)/t27-/m0/s1. The van der Waals surface area contributed by atoms with Crippen molar-refractivity contribution in [1.82, 2.24) is 10.2 Å². The Bertz CT molecular complexity index is 1400. The van der Waals surface area contributed by atoms with Crippen molar-refractivity contribution in [2.24, 2.45) is 0 Å². The molecule has 0 aliphatic rings. The lowest BCUT2D eigenvalue weighted by atomic mass is 10.0. The Morgan fingerprint density at radius 3 is 2.13 bits per heavy atom. The van der Waals surface area contributed by atoms with Crippen LogP contribution in [0.2, 0.25) is 10.0 Å². The Balaban J connectivity index is 2.07. The molecular weight excluding hydrogens is 557 g/mol. The van der Waals surface area contributed by atoms with E-state index in [1.54, 1.807) is 0 Å². The Labute approximate surface area is 240 Å². The van der Waals surface area contributed by atoms with Gasteiger partial charge in [0.05, 0.1) is 17.0 Å². The highest BCUT2D eigenvalue weighted by Crippen LogP contribution is 2.30. The van der Waals surface area contributed by atoms with E-state index in [1.165, 1.54) is 23.1 Å². The van der Waals surface area contributed by atoms with Gasteiger partial charge in [-0.3, -0.25) is 13.9 Å². The predicted octanol–water partition coefficient (Wildman–Crippen LogP) is 5.23. The van der Waals surface area contributed by atoms with Crippen LogP contribution in [0.4, 0.5) is 5.69 Å². The zero-order chi connectivity index (χ0) is 28.7. The summed E-state index contributed by atoms with van der Waals surface area (Å²) in [5.41, 5.74) is 2.85. The van der Waals surface area contributed by atoms with Gasteiger partial charge in [-0.15, -0.1) is 0 Å². The van der Waals surface area contributed by atoms with Gasteiger partial charge >= 0.3 is 0 Å². The number of anilines is 1. The van der Waals surface area contributed by atoms with Crippen molar-refractivity contribution in [2.75, 3.05) is 17.1 Å². The van der Waals surface area contributed by atoms with Crippen molar-refractivity contribution < 1.29 is 18.0 Å². The number of hydrogen-bond donors (Lipinski definition) is 1. The predicted molar refractivity (Wildman–Crippen MR) is 158 cm³/mol. The van der Waals surface area contributed by atoms with E-state index in [9.17, 15) is 18.0 Å². The van der Waals surface area contributed by atoms with Gasteiger partial charge < -0.3 is 10.2 Å². The summed E-state index contributed by atoms with van der Waals surface area (Å²) in [4.78, 5) is 29.0. The third kappa shape index (κ3) is 8.71. The third-order valence-electron chi connectivity index (χ3n) is 6.03. The van der Waals surface area contributed by atoms with Crippen molar-refractivity contribution in [3.05, 3.63) is 99.5 Å². The second kappa shape index (κ2) is 13.3. The topological polar surface area (TPSA) is 86.8 Å². The molecule has 0 spiro atoms. The van der Waals surface area contributed by atoms with Crippen LogP contribution in [0.1, 0.15) is 30.5 Å². The second-order valence-electron chi connectivity index (χ2n) is 9.74. The lowest BCUT2D eigenvalue weighted by molar-refractivity contribution is -0.140. The number of rotatable bonds is 11. The molecule has 3 aromatic carbocycles. The van der Waals surface area contributed by atoms with Gasteiger partial charge in [-0.1, -0.05) is 83.4 Å². The average Bonchev–Trinajstić information content (AvgIpc) is 2.85. The maximum absolute atomic E-state index is 14.0. The first-order valence-corrected chi connectivity index (χ1v) is 15.1. The fourth-order valence-corrected chi connectivity index (χ4v) is 5.53. The highest BCUT2D eigenvalue weighted by molar-refractivity contribution is 7.92. The minimum Gasteiger partial charge on any atom is -0.352 e. The minimum absolute atomic E-state index is 0.0872. The maximum atomic E-state index is 14.0. The van der Waals surface area contributed by atoms with E-state index in [2.05, 4.69) is 5.32 Å². The molecule has 0 aliphatic heterocycles. The van der Waals surface area contributed by atoms with Crippen LogP contribution < -0.4 is 9.62 Å². The van der Waals surface area contributed by atoms with Crippen LogP contribution in [0.15, 0.2) is 72.8 Å². The Kier molecular flexibility index (Phi) is 10.4. The van der Waals surface area contributed by atoms with Gasteiger partial charge in [-0.2, -0.15) is 0 Å². The zero-order valence-electron chi connectivity index (χ0n) is 22.4. The molecule has 0 saturated carbocycles. The van der Waals surface area contributed by atoms with E-state index in [-0.39, 0.29) is 35.6 Å². The SMILES string of the molecule is Cc1ccc(CN(C(=O)CN(c2ccc(Cl)cc2Cl)S(C)(=O)=O)[C@@H](Cc2ccccc2)C(=O)NC(C)C)cc1. The summed E-state index contributed by atoms with van der Waals surface area (Å²) in [5, 5.41) is 3.34. The molecule has 1 atom stereocenters. The summed E-state index contributed by atoms with van der Waals surface area (Å²) in [5.74, 6) is -0.878. The normalized spacial score (nSPS) is 12.2. The van der Waals surface area contributed by atoms with Gasteiger partial charge in [0.25, 0.3) is 0 Å². The molecule has 7 nitrogen and oxygen atoms in total. The largest absolute Gasteiger partial charge is 0.352 e. The van der Waals surface area contributed by atoms with Crippen LogP contribution in [0.25, 0.3) is 0 Å². The molecular formula is C29H33Cl2N3O4S. The molecule has 208 valence electrons. The van der Waals surface area contributed by atoms with E-state index >= 15 is 0 Å². The molecule has 10 heteroatoms. The van der Waals surface area contributed by atoms with E-state index in [0.717, 1.165) is 27.3 Å². The monoisotopic (exact) mass is 589 g/mol. The maximum Gasteiger partial charge on any atom is 0.244 e. The molecule has 0 heterocycles. The van der Waals surface area contributed by atoms with Crippen LogP contribution >= 0.6 is 23.2 Å². The Hall–Kier alpha value is -3.07. The lowest BCUT2D eigenvalue weighted by Gasteiger charge is -2.34. The van der Waals surface area contributed by atoms with Gasteiger partial charge in [0.15, 0.2) is 0 Å². The summed E-state index contributed by atoms with van der Waals surface area (Å²) in [6.07, 6.45) is 1.25. The highest BCUT2D eigenvalue weighted by atomic mass is 35.5. The zero-order valence-corrected chi connectivity index (χ0v) is 24.7. The number of hydrogen-bond acceptors (Lipinski definition) is 4. The van der Waals surface area contributed by atoms with Crippen LogP contribution in [-0.2, 0) is 32.6 Å².